The molecule has 6 heteroatoms. The predicted molar refractivity (Wildman–Crippen MR) is 75.3 cm³/mol. The van der Waals surface area contributed by atoms with Crippen molar-refractivity contribution < 1.29 is 0 Å². The fourth-order valence-corrected chi connectivity index (χ4v) is 2.77. The summed E-state index contributed by atoms with van der Waals surface area (Å²) in [6, 6.07) is 6.00. The summed E-state index contributed by atoms with van der Waals surface area (Å²) in [5.41, 5.74) is 7.97. The molecule has 2 heterocycles. The highest BCUT2D eigenvalue weighted by molar-refractivity contribution is 6.31. The Balaban J connectivity index is 1.93. The molecule has 100 valence electrons. The van der Waals surface area contributed by atoms with Crippen molar-refractivity contribution in [2.45, 2.75) is 19.5 Å². The Labute approximate surface area is 117 Å². The third kappa shape index (κ3) is 2.31. The van der Waals surface area contributed by atoms with Crippen LogP contribution in [0.2, 0.25) is 5.02 Å². The number of nitrogens with two attached hydrogens (primary N) is 1. The van der Waals surface area contributed by atoms with Gasteiger partial charge in [0.1, 0.15) is 6.33 Å². The van der Waals surface area contributed by atoms with Crippen LogP contribution in [0.3, 0.4) is 0 Å². The average Bonchev–Trinajstić information content (AvgIpc) is 2.88. The van der Waals surface area contributed by atoms with Crippen molar-refractivity contribution in [2.75, 3.05) is 18.0 Å². The lowest BCUT2D eigenvalue weighted by Crippen LogP contribution is -2.34. The number of aromatic nitrogens is 3. The van der Waals surface area contributed by atoms with Gasteiger partial charge in [0.15, 0.2) is 5.82 Å². The van der Waals surface area contributed by atoms with E-state index in [1.807, 2.05) is 12.1 Å². The molecule has 1 aliphatic rings. The monoisotopic (exact) mass is 277 g/mol. The molecular formula is C13H16ClN5. The molecule has 3 rings (SSSR count). The van der Waals surface area contributed by atoms with Crippen LogP contribution in [0, 0.1) is 0 Å². The van der Waals surface area contributed by atoms with Crippen molar-refractivity contribution in [3.05, 3.63) is 40.9 Å². The second kappa shape index (κ2) is 5.19. The van der Waals surface area contributed by atoms with Crippen molar-refractivity contribution in [3.8, 4) is 0 Å². The molecular weight excluding hydrogens is 262 g/mol. The van der Waals surface area contributed by atoms with Crippen LogP contribution in [0.1, 0.15) is 11.4 Å². The van der Waals surface area contributed by atoms with Gasteiger partial charge in [0.25, 0.3) is 0 Å². The highest BCUT2D eigenvalue weighted by Crippen LogP contribution is 2.29. The van der Waals surface area contributed by atoms with Crippen LogP contribution in [0.25, 0.3) is 0 Å². The van der Waals surface area contributed by atoms with Gasteiger partial charge in [0, 0.05) is 23.8 Å². The molecule has 1 aromatic carbocycles. The zero-order chi connectivity index (χ0) is 13.2. The molecule has 0 radical (unpaired) electrons. The van der Waals surface area contributed by atoms with E-state index in [9.17, 15) is 0 Å². The van der Waals surface area contributed by atoms with Crippen molar-refractivity contribution in [3.63, 3.8) is 0 Å². The van der Waals surface area contributed by atoms with E-state index in [0.717, 1.165) is 48.2 Å². The lowest BCUT2D eigenvalue weighted by atomic mass is 10.1. The number of hydrogen-bond donors (Lipinski definition) is 1. The Morgan fingerprint density at radius 1 is 1.32 bits per heavy atom. The fraction of sp³-hybridized carbons (Fsp3) is 0.385. The normalized spacial score (nSPS) is 14.5. The van der Waals surface area contributed by atoms with E-state index in [1.54, 1.807) is 6.33 Å². The van der Waals surface area contributed by atoms with E-state index in [0.29, 0.717) is 6.54 Å². The zero-order valence-corrected chi connectivity index (χ0v) is 11.3. The Kier molecular flexibility index (Phi) is 3.40. The Morgan fingerprint density at radius 3 is 3.05 bits per heavy atom. The molecule has 0 unspecified atom stereocenters. The summed E-state index contributed by atoms with van der Waals surface area (Å²) in [4.78, 5) is 2.29. The first kappa shape index (κ1) is 12.4. The number of hydrogen-bond acceptors (Lipinski definition) is 4. The van der Waals surface area contributed by atoms with Crippen molar-refractivity contribution in [2.24, 2.45) is 5.73 Å². The molecule has 1 aromatic heterocycles. The summed E-state index contributed by atoms with van der Waals surface area (Å²) in [5.74, 6) is 0.991. The van der Waals surface area contributed by atoms with Gasteiger partial charge in [-0.15, -0.1) is 10.2 Å². The highest BCUT2D eigenvalue weighted by atomic mass is 35.5. The molecule has 1 aliphatic heterocycles. The molecule has 0 aliphatic carbocycles. The number of rotatable bonds is 3. The molecule has 2 N–H and O–H groups in total. The quantitative estimate of drug-likeness (QED) is 0.923. The summed E-state index contributed by atoms with van der Waals surface area (Å²) in [7, 11) is 0. The third-order valence-corrected chi connectivity index (χ3v) is 3.82. The largest absolute Gasteiger partial charge is 0.362 e. The summed E-state index contributed by atoms with van der Waals surface area (Å²) in [6.07, 6.45) is 2.57. The van der Waals surface area contributed by atoms with Crippen molar-refractivity contribution >= 4 is 17.3 Å². The van der Waals surface area contributed by atoms with E-state index in [4.69, 9.17) is 17.3 Å². The summed E-state index contributed by atoms with van der Waals surface area (Å²) in [6.45, 7) is 3.19. The van der Waals surface area contributed by atoms with Crippen molar-refractivity contribution in [1.82, 2.24) is 14.8 Å². The first-order valence-electron chi connectivity index (χ1n) is 6.38. The van der Waals surface area contributed by atoms with Gasteiger partial charge in [0.05, 0.1) is 6.54 Å². The molecule has 0 spiro atoms. The molecule has 0 atom stereocenters. The van der Waals surface area contributed by atoms with Crippen molar-refractivity contribution in [1.29, 1.82) is 0 Å². The van der Waals surface area contributed by atoms with Crippen LogP contribution >= 0.6 is 11.6 Å². The first-order valence-corrected chi connectivity index (χ1v) is 6.76. The molecule has 5 nitrogen and oxygen atoms in total. The Morgan fingerprint density at radius 2 is 2.21 bits per heavy atom. The minimum atomic E-state index is 0.598. The van der Waals surface area contributed by atoms with Gasteiger partial charge in [-0.2, -0.15) is 0 Å². The van der Waals surface area contributed by atoms with Gasteiger partial charge in [-0.3, -0.25) is 0 Å². The summed E-state index contributed by atoms with van der Waals surface area (Å²) < 4.78 is 2.09. The standard InChI is InChI=1S/C13H16ClN5/c14-11-2-1-3-12(10(11)4-5-15)18-6-7-19-9-16-17-13(19)8-18/h1-3,9H,4-8,15H2. The maximum absolute atomic E-state index is 6.29. The minimum absolute atomic E-state index is 0.598. The molecule has 0 fully saturated rings. The zero-order valence-electron chi connectivity index (χ0n) is 10.6. The van der Waals surface area contributed by atoms with E-state index >= 15 is 0 Å². The minimum Gasteiger partial charge on any atom is -0.362 e. The SMILES string of the molecule is NCCc1c(Cl)cccc1N1CCn2cnnc2C1. The topological polar surface area (TPSA) is 60.0 Å². The summed E-state index contributed by atoms with van der Waals surface area (Å²) >= 11 is 6.29. The lowest BCUT2D eigenvalue weighted by Gasteiger charge is -2.31. The number of nitrogens with zero attached hydrogens (tertiary/aromatic N) is 4. The number of anilines is 1. The van der Waals surface area contributed by atoms with Gasteiger partial charge in [-0.1, -0.05) is 17.7 Å². The number of fused-ring (bicyclic) bond motifs is 1. The van der Waals surface area contributed by atoms with E-state index in [2.05, 4.69) is 25.7 Å². The number of halogens is 1. The molecule has 0 bridgehead atoms. The highest BCUT2D eigenvalue weighted by Gasteiger charge is 2.20. The van der Waals surface area contributed by atoms with Crippen LogP contribution in [0.4, 0.5) is 5.69 Å². The maximum Gasteiger partial charge on any atom is 0.152 e. The smallest absolute Gasteiger partial charge is 0.152 e. The molecule has 19 heavy (non-hydrogen) atoms. The summed E-state index contributed by atoms with van der Waals surface area (Å²) in [5, 5.41) is 8.88. The molecule has 0 amide bonds. The first-order chi connectivity index (χ1) is 9.29. The average molecular weight is 278 g/mol. The van der Waals surface area contributed by atoms with Crippen LogP contribution in [-0.4, -0.2) is 27.9 Å². The second-order valence-electron chi connectivity index (χ2n) is 4.64. The maximum atomic E-state index is 6.29. The predicted octanol–water partition coefficient (Wildman–Crippen LogP) is 1.45. The molecule has 0 saturated carbocycles. The second-order valence-corrected chi connectivity index (χ2v) is 5.05. The Hall–Kier alpha value is -1.59. The van der Waals surface area contributed by atoms with E-state index in [1.165, 1.54) is 0 Å². The van der Waals surface area contributed by atoms with E-state index in [-0.39, 0.29) is 0 Å². The third-order valence-electron chi connectivity index (χ3n) is 3.47. The Bertz CT molecular complexity index is 580. The van der Waals surface area contributed by atoms with Gasteiger partial charge >= 0.3 is 0 Å². The van der Waals surface area contributed by atoms with Crippen LogP contribution in [0.15, 0.2) is 24.5 Å². The van der Waals surface area contributed by atoms with E-state index < -0.39 is 0 Å². The lowest BCUT2D eigenvalue weighted by molar-refractivity contribution is 0.559. The molecule has 2 aromatic rings. The van der Waals surface area contributed by atoms with Crippen LogP contribution in [0.5, 0.6) is 0 Å². The van der Waals surface area contributed by atoms with Crippen LogP contribution in [-0.2, 0) is 19.5 Å². The fourth-order valence-electron chi connectivity index (χ4n) is 2.51. The van der Waals surface area contributed by atoms with Gasteiger partial charge in [-0.25, -0.2) is 0 Å². The van der Waals surface area contributed by atoms with Gasteiger partial charge < -0.3 is 15.2 Å². The molecule has 0 saturated heterocycles. The number of benzene rings is 1. The van der Waals surface area contributed by atoms with Crippen LogP contribution < -0.4 is 10.6 Å². The van der Waals surface area contributed by atoms with Gasteiger partial charge in [-0.05, 0) is 30.7 Å². The van der Waals surface area contributed by atoms with Gasteiger partial charge in [0.2, 0.25) is 0 Å².